The highest BCUT2D eigenvalue weighted by Gasteiger charge is 2.13. The van der Waals surface area contributed by atoms with Crippen molar-refractivity contribution in [3.8, 4) is 0 Å². The number of hydrogen-bond donors (Lipinski definition) is 1. The summed E-state index contributed by atoms with van der Waals surface area (Å²) in [5.74, 6) is -0.302. The lowest BCUT2D eigenvalue weighted by atomic mass is 10.1. The second kappa shape index (κ2) is 4.77. The van der Waals surface area contributed by atoms with Crippen molar-refractivity contribution >= 4 is 6.03 Å². The SMILES string of the molecule is CC(NC(=O)N(C)C)c1ccccc1F. The summed E-state index contributed by atoms with van der Waals surface area (Å²) in [4.78, 5) is 12.7. The highest BCUT2D eigenvalue weighted by atomic mass is 19.1. The molecule has 0 radical (unpaired) electrons. The molecule has 0 saturated carbocycles. The van der Waals surface area contributed by atoms with Crippen molar-refractivity contribution in [3.63, 3.8) is 0 Å². The minimum atomic E-state index is -0.332. The van der Waals surface area contributed by atoms with Crippen molar-refractivity contribution in [2.75, 3.05) is 14.1 Å². The van der Waals surface area contributed by atoms with Crippen molar-refractivity contribution in [2.45, 2.75) is 13.0 Å². The Bertz CT molecular complexity index is 352. The Balaban J connectivity index is 2.73. The summed E-state index contributed by atoms with van der Waals surface area (Å²) in [6.45, 7) is 1.75. The van der Waals surface area contributed by atoms with Crippen LogP contribution in [-0.2, 0) is 0 Å². The lowest BCUT2D eigenvalue weighted by Crippen LogP contribution is -2.36. The van der Waals surface area contributed by atoms with Gasteiger partial charge < -0.3 is 10.2 Å². The minimum absolute atomic E-state index is 0.231. The van der Waals surface area contributed by atoms with E-state index in [1.165, 1.54) is 11.0 Å². The first-order valence-electron chi connectivity index (χ1n) is 4.74. The Kier molecular flexibility index (Phi) is 3.66. The van der Waals surface area contributed by atoms with Gasteiger partial charge in [0.15, 0.2) is 0 Å². The van der Waals surface area contributed by atoms with E-state index < -0.39 is 0 Å². The molecule has 0 aromatic heterocycles. The third-order valence-electron chi connectivity index (χ3n) is 2.12. The Labute approximate surface area is 88.9 Å². The average molecular weight is 210 g/mol. The molecule has 0 spiro atoms. The van der Waals surface area contributed by atoms with E-state index >= 15 is 0 Å². The molecule has 1 rings (SSSR count). The van der Waals surface area contributed by atoms with Gasteiger partial charge >= 0.3 is 6.03 Å². The molecule has 1 unspecified atom stereocenters. The van der Waals surface area contributed by atoms with Gasteiger partial charge in [0, 0.05) is 19.7 Å². The van der Waals surface area contributed by atoms with E-state index in [4.69, 9.17) is 0 Å². The van der Waals surface area contributed by atoms with Crippen LogP contribution in [0.4, 0.5) is 9.18 Å². The average Bonchev–Trinajstić information content (AvgIpc) is 2.18. The normalized spacial score (nSPS) is 12.0. The van der Waals surface area contributed by atoms with Gasteiger partial charge in [-0.1, -0.05) is 18.2 Å². The van der Waals surface area contributed by atoms with Gasteiger partial charge in [-0.05, 0) is 13.0 Å². The maximum atomic E-state index is 13.3. The van der Waals surface area contributed by atoms with E-state index in [0.717, 1.165) is 0 Å². The van der Waals surface area contributed by atoms with Crippen LogP contribution >= 0.6 is 0 Å². The summed E-state index contributed by atoms with van der Waals surface area (Å²) in [5.41, 5.74) is 0.493. The molecule has 0 heterocycles. The summed E-state index contributed by atoms with van der Waals surface area (Å²) in [6.07, 6.45) is 0. The molecular weight excluding hydrogens is 195 g/mol. The van der Waals surface area contributed by atoms with E-state index in [-0.39, 0.29) is 17.9 Å². The molecule has 3 nitrogen and oxygen atoms in total. The molecule has 0 aliphatic rings. The van der Waals surface area contributed by atoms with Gasteiger partial charge in [-0.3, -0.25) is 0 Å². The van der Waals surface area contributed by atoms with E-state index in [0.29, 0.717) is 5.56 Å². The molecule has 1 atom stereocenters. The lowest BCUT2D eigenvalue weighted by Gasteiger charge is -2.18. The van der Waals surface area contributed by atoms with Crippen LogP contribution < -0.4 is 5.32 Å². The van der Waals surface area contributed by atoms with E-state index in [9.17, 15) is 9.18 Å². The van der Waals surface area contributed by atoms with Gasteiger partial charge in [0.25, 0.3) is 0 Å². The molecule has 0 aliphatic carbocycles. The Morgan fingerprint density at radius 2 is 2.00 bits per heavy atom. The van der Waals surface area contributed by atoms with Crippen LogP contribution in [-0.4, -0.2) is 25.0 Å². The van der Waals surface area contributed by atoms with Crippen LogP contribution in [0.3, 0.4) is 0 Å². The predicted octanol–water partition coefficient (Wildman–Crippen LogP) is 2.16. The molecule has 0 bridgehead atoms. The van der Waals surface area contributed by atoms with Gasteiger partial charge in [-0.15, -0.1) is 0 Å². The molecule has 1 N–H and O–H groups in total. The lowest BCUT2D eigenvalue weighted by molar-refractivity contribution is 0.214. The summed E-state index contributed by atoms with van der Waals surface area (Å²) in [5, 5.41) is 2.68. The van der Waals surface area contributed by atoms with E-state index in [1.807, 2.05) is 0 Å². The molecule has 2 amide bonds. The second-order valence-electron chi connectivity index (χ2n) is 3.59. The Morgan fingerprint density at radius 1 is 1.40 bits per heavy atom. The summed E-state index contributed by atoms with van der Waals surface area (Å²) in [6, 6.07) is 5.85. The standard InChI is InChI=1S/C11H15FN2O/c1-8(13-11(15)14(2)3)9-6-4-5-7-10(9)12/h4-8H,1-3H3,(H,13,15). The van der Waals surface area contributed by atoms with Crippen molar-refractivity contribution in [3.05, 3.63) is 35.6 Å². The second-order valence-corrected chi connectivity index (χ2v) is 3.59. The van der Waals surface area contributed by atoms with Crippen molar-refractivity contribution in [1.82, 2.24) is 10.2 Å². The molecule has 15 heavy (non-hydrogen) atoms. The van der Waals surface area contributed by atoms with Crippen LogP contribution in [0.5, 0.6) is 0 Å². The molecule has 0 saturated heterocycles. The number of hydrogen-bond acceptors (Lipinski definition) is 1. The van der Waals surface area contributed by atoms with Gasteiger partial charge in [0.05, 0.1) is 6.04 Å². The fourth-order valence-electron chi connectivity index (χ4n) is 1.22. The molecule has 82 valence electrons. The van der Waals surface area contributed by atoms with Crippen LogP contribution in [0, 0.1) is 5.82 Å². The zero-order chi connectivity index (χ0) is 11.4. The highest BCUT2D eigenvalue weighted by Crippen LogP contribution is 2.15. The number of carbonyl (C=O) groups is 1. The molecule has 0 fully saturated rings. The van der Waals surface area contributed by atoms with Crippen LogP contribution in [0.2, 0.25) is 0 Å². The number of benzene rings is 1. The number of rotatable bonds is 2. The maximum Gasteiger partial charge on any atom is 0.317 e. The first-order valence-corrected chi connectivity index (χ1v) is 4.74. The predicted molar refractivity (Wildman–Crippen MR) is 57.0 cm³/mol. The van der Waals surface area contributed by atoms with Crippen LogP contribution in [0.1, 0.15) is 18.5 Å². The number of amides is 2. The minimum Gasteiger partial charge on any atom is -0.331 e. The van der Waals surface area contributed by atoms with Gasteiger partial charge in [0.1, 0.15) is 5.82 Å². The summed E-state index contributed by atoms with van der Waals surface area (Å²) in [7, 11) is 3.28. The highest BCUT2D eigenvalue weighted by molar-refractivity contribution is 5.74. The smallest absolute Gasteiger partial charge is 0.317 e. The van der Waals surface area contributed by atoms with E-state index in [2.05, 4.69) is 5.32 Å². The van der Waals surface area contributed by atoms with E-state index in [1.54, 1.807) is 39.2 Å². The fourth-order valence-corrected chi connectivity index (χ4v) is 1.22. The van der Waals surface area contributed by atoms with Crippen LogP contribution in [0.25, 0.3) is 0 Å². The third kappa shape index (κ3) is 2.94. The molecule has 1 aromatic carbocycles. The molecule has 0 aliphatic heterocycles. The number of nitrogens with zero attached hydrogens (tertiary/aromatic N) is 1. The monoisotopic (exact) mass is 210 g/mol. The number of nitrogens with one attached hydrogen (secondary N) is 1. The van der Waals surface area contributed by atoms with Crippen molar-refractivity contribution in [2.24, 2.45) is 0 Å². The van der Waals surface area contributed by atoms with Gasteiger partial charge in [0.2, 0.25) is 0 Å². The zero-order valence-corrected chi connectivity index (χ0v) is 9.12. The quantitative estimate of drug-likeness (QED) is 0.797. The van der Waals surface area contributed by atoms with Crippen molar-refractivity contribution < 1.29 is 9.18 Å². The molecule has 1 aromatic rings. The fraction of sp³-hybridized carbons (Fsp3) is 0.364. The zero-order valence-electron chi connectivity index (χ0n) is 9.12. The maximum absolute atomic E-state index is 13.3. The third-order valence-corrected chi connectivity index (χ3v) is 2.12. The Hall–Kier alpha value is -1.58. The molecule has 4 heteroatoms. The van der Waals surface area contributed by atoms with Gasteiger partial charge in [-0.25, -0.2) is 9.18 Å². The number of halogens is 1. The topological polar surface area (TPSA) is 32.3 Å². The Morgan fingerprint density at radius 3 is 2.53 bits per heavy atom. The van der Waals surface area contributed by atoms with Crippen molar-refractivity contribution in [1.29, 1.82) is 0 Å². The first kappa shape index (κ1) is 11.5. The number of carbonyl (C=O) groups excluding carboxylic acids is 1. The molecular formula is C11H15FN2O. The summed E-state index contributed by atoms with van der Waals surface area (Å²) >= 11 is 0. The largest absolute Gasteiger partial charge is 0.331 e. The van der Waals surface area contributed by atoms with Crippen LogP contribution in [0.15, 0.2) is 24.3 Å². The van der Waals surface area contributed by atoms with Gasteiger partial charge in [-0.2, -0.15) is 0 Å². The first-order chi connectivity index (χ1) is 7.02. The summed E-state index contributed by atoms with van der Waals surface area (Å²) < 4.78 is 13.3. The number of urea groups is 1.